The van der Waals surface area contributed by atoms with Crippen LogP contribution in [0.3, 0.4) is 0 Å². The minimum atomic E-state index is -1.05. The second-order valence-corrected chi connectivity index (χ2v) is 4.81. The van der Waals surface area contributed by atoms with Crippen LogP contribution in [0.2, 0.25) is 0 Å². The van der Waals surface area contributed by atoms with E-state index in [-0.39, 0.29) is 5.78 Å². The molecule has 0 amide bonds. The zero-order valence-electron chi connectivity index (χ0n) is 11.9. The summed E-state index contributed by atoms with van der Waals surface area (Å²) in [5.41, 5.74) is 2.84. The molecule has 0 radical (unpaired) electrons. The Hall–Kier alpha value is -2.62. The number of benzene rings is 2. The van der Waals surface area contributed by atoms with E-state index in [9.17, 15) is 9.59 Å². The first-order valence-corrected chi connectivity index (χ1v) is 6.54. The number of aliphatic carboxylic acids is 1. The van der Waals surface area contributed by atoms with E-state index in [1.807, 2.05) is 19.1 Å². The number of carboxylic acid groups (broad SMARTS) is 1. The molecule has 0 saturated heterocycles. The van der Waals surface area contributed by atoms with Crippen LogP contribution in [0.1, 0.15) is 27.0 Å². The van der Waals surface area contributed by atoms with Gasteiger partial charge in [-0.25, -0.2) is 4.79 Å². The van der Waals surface area contributed by atoms with E-state index in [1.165, 1.54) is 0 Å². The number of aryl methyl sites for hydroxylation is 1. The van der Waals surface area contributed by atoms with Gasteiger partial charge in [0.2, 0.25) is 0 Å². The normalized spacial score (nSPS) is 10.2. The van der Waals surface area contributed by atoms with Crippen molar-refractivity contribution in [2.24, 2.45) is 0 Å². The Bertz CT molecular complexity index is 672. The summed E-state index contributed by atoms with van der Waals surface area (Å²) in [5.74, 6) is -0.742. The quantitative estimate of drug-likeness (QED) is 0.857. The van der Waals surface area contributed by atoms with Gasteiger partial charge in [0.15, 0.2) is 12.4 Å². The lowest BCUT2D eigenvalue weighted by atomic mass is 9.98. The predicted molar refractivity (Wildman–Crippen MR) is 78.9 cm³/mol. The van der Waals surface area contributed by atoms with Crippen molar-refractivity contribution in [2.75, 3.05) is 6.61 Å². The summed E-state index contributed by atoms with van der Waals surface area (Å²) in [6, 6.07) is 12.4. The molecule has 0 aromatic heterocycles. The lowest BCUT2D eigenvalue weighted by Gasteiger charge is -2.11. The summed E-state index contributed by atoms with van der Waals surface area (Å²) in [4.78, 5) is 23.1. The first-order valence-electron chi connectivity index (χ1n) is 6.54. The highest BCUT2D eigenvalue weighted by Gasteiger charge is 2.14. The number of ketones is 1. The second kappa shape index (κ2) is 6.22. The summed E-state index contributed by atoms with van der Waals surface area (Å²) in [5, 5.41) is 8.66. The van der Waals surface area contributed by atoms with Crippen LogP contribution in [0.15, 0.2) is 42.5 Å². The van der Waals surface area contributed by atoms with Crippen LogP contribution in [-0.4, -0.2) is 23.5 Å². The van der Waals surface area contributed by atoms with Gasteiger partial charge in [0.05, 0.1) is 0 Å². The molecule has 0 fully saturated rings. The van der Waals surface area contributed by atoms with Crippen LogP contribution in [0.5, 0.6) is 5.75 Å². The molecule has 4 heteroatoms. The summed E-state index contributed by atoms with van der Waals surface area (Å²) < 4.78 is 5.19. The molecular formula is C17H16O4. The third-order valence-corrected chi connectivity index (χ3v) is 3.19. The molecule has 4 nitrogen and oxygen atoms in total. The van der Waals surface area contributed by atoms with E-state index in [0.717, 1.165) is 5.56 Å². The first kappa shape index (κ1) is 14.8. The fourth-order valence-corrected chi connectivity index (χ4v) is 2.02. The fraction of sp³-hybridized carbons (Fsp3) is 0.176. The topological polar surface area (TPSA) is 63.6 Å². The van der Waals surface area contributed by atoms with E-state index in [1.54, 1.807) is 37.3 Å². The lowest BCUT2D eigenvalue weighted by Crippen LogP contribution is -2.11. The molecule has 2 aromatic carbocycles. The van der Waals surface area contributed by atoms with Crippen LogP contribution in [0, 0.1) is 13.8 Å². The number of carbonyl (C=O) groups is 2. The number of hydrogen-bond donors (Lipinski definition) is 1. The van der Waals surface area contributed by atoms with Crippen molar-refractivity contribution in [3.63, 3.8) is 0 Å². The lowest BCUT2D eigenvalue weighted by molar-refractivity contribution is -0.139. The number of carbonyl (C=O) groups excluding carboxylic acids is 1. The van der Waals surface area contributed by atoms with Gasteiger partial charge in [-0.05, 0) is 19.9 Å². The summed E-state index contributed by atoms with van der Waals surface area (Å²) in [6.07, 6.45) is 0. The van der Waals surface area contributed by atoms with Crippen molar-refractivity contribution in [3.05, 3.63) is 64.7 Å². The Morgan fingerprint density at radius 2 is 1.71 bits per heavy atom. The molecule has 0 aliphatic heterocycles. The maximum atomic E-state index is 12.5. The fourth-order valence-electron chi connectivity index (χ4n) is 2.02. The SMILES string of the molecule is Cc1ccc(C(=O)c2cccc(OCC(=O)O)c2C)cc1. The third-order valence-electron chi connectivity index (χ3n) is 3.19. The van der Waals surface area contributed by atoms with E-state index in [4.69, 9.17) is 9.84 Å². The standard InChI is InChI=1S/C17H16O4/c1-11-6-8-13(9-7-11)17(20)14-4-3-5-15(12(14)2)21-10-16(18)19/h3-9H,10H2,1-2H3,(H,18,19). The first-order chi connectivity index (χ1) is 9.99. The van der Waals surface area contributed by atoms with Gasteiger partial charge in [0.1, 0.15) is 5.75 Å². The summed E-state index contributed by atoms with van der Waals surface area (Å²) in [6.45, 7) is 3.28. The van der Waals surface area contributed by atoms with Crippen molar-refractivity contribution in [1.82, 2.24) is 0 Å². The Morgan fingerprint density at radius 3 is 2.33 bits per heavy atom. The Kier molecular flexibility index (Phi) is 4.38. The third kappa shape index (κ3) is 3.48. The maximum Gasteiger partial charge on any atom is 0.341 e. The van der Waals surface area contributed by atoms with Gasteiger partial charge < -0.3 is 9.84 Å². The summed E-state index contributed by atoms with van der Waals surface area (Å²) in [7, 11) is 0. The van der Waals surface area contributed by atoms with Crippen LogP contribution in [-0.2, 0) is 4.79 Å². The van der Waals surface area contributed by atoms with Gasteiger partial charge in [-0.1, -0.05) is 42.0 Å². The Labute approximate surface area is 123 Å². The highest BCUT2D eigenvalue weighted by atomic mass is 16.5. The molecule has 0 saturated carbocycles. The minimum Gasteiger partial charge on any atom is -0.482 e. The molecule has 0 heterocycles. The van der Waals surface area contributed by atoms with E-state index in [2.05, 4.69) is 0 Å². The van der Waals surface area contributed by atoms with Gasteiger partial charge in [-0.3, -0.25) is 4.79 Å². The number of hydrogen-bond acceptors (Lipinski definition) is 3. The van der Waals surface area contributed by atoms with E-state index < -0.39 is 12.6 Å². The van der Waals surface area contributed by atoms with Gasteiger partial charge in [-0.15, -0.1) is 0 Å². The van der Waals surface area contributed by atoms with Crippen molar-refractivity contribution < 1.29 is 19.4 Å². The van der Waals surface area contributed by atoms with Crippen LogP contribution in [0.4, 0.5) is 0 Å². The van der Waals surface area contributed by atoms with Gasteiger partial charge >= 0.3 is 5.97 Å². The molecule has 0 bridgehead atoms. The highest BCUT2D eigenvalue weighted by molar-refractivity contribution is 6.10. The molecule has 0 aliphatic rings. The van der Waals surface area contributed by atoms with Gasteiger partial charge in [0, 0.05) is 16.7 Å². The number of ether oxygens (including phenoxy) is 1. The number of rotatable bonds is 5. The Balaban J connectivity index is 2.31. The molecule has 0 spiro atoms. The van der Waals surface area contributed by atoms with Gasteiger partial charge in [0.25, 0.3) is 0 Å². The minimum absolute atomic E-state index is 0.103. The van der Waals surface area contributed by atoms with E-state index >= 15 is 0 Å². The second-order valence-electron chi connectivity index (χ2n) is 4.81. The molecule has 0 atom stereocenters. The molecular weight excluding hydrogens is 268 g/mol. The molecule has 0 unspecified atom stereocenters. The van der Waals surface area contributed by atoms with Crippen LogP contribution in [0.25, 0.3) is 0 Å². The smallest absolute Gasteiger partial charge is 0.341 e. The molecule has 2 aromatic rings. The molecule has 1 N–H and O–H groups in total. The van der Waals surface area contributed by atoms with Crippen LogP contribution >= 0.6 is 0 Å². The molecule has 2 rings (SSSR count). The Morgan fingerprint density at radius 1 is 1.05 bits per heavy atom. The predicted octanol–water partition coefficient (Wildman–Crippen LogP) is 3.00. The van der Waals surface area contributed by atoms with Crippen molar-refractivity contribution in [2.45, 2.75) is 13.8 Å². The van der Waals surface area contributed by atoms with E-state index in [0.29, 0.717) is 22.4 Å². The zero-order chi connectivity index (χ0) is 15.4. The largest absolute Gasteiger partial charge is 0.482 e. The maximum absolute atomic E-state index is 12.5. The molecule has 21 heavy (non-hydrogen) atoms. The summed E-state index contributed by atoms with van der Waals surface area (Å²) >= 11 is 0. The average Bonchev–Trinajstić information content (AvgIpc) is 2.46. The monoisotopic (exact) mass is 284 g/mol. The highest BCUT2D eigenvalue weighted by Crippen LogP contribution is 2.23. The molecule has 0 aliphatic carbocycles. The van der Waals surface area contributed by atoms with Crippen molar-refractivity contribution in [1.29, 1.82) is 0 Å². The number of carboxylic acids is 1. The molecule has 108 valence electrons. The van der Waals surface area contributed by atoms with Crippen molar-refractivity contribution in [3.8, 4) is 5.75 Å². The van der Waals surface area contributed by atoms with Gasteiger partial charge in [-0.2, -0.15) is 0 Å². The van der Waals surface area contributed by atoms with Crippen molar-refractivity contribution >= 4 is 11.8 Å². The average molecular weight is 284 g/mol. The zero-order valence-corrected chi connectivity index (χ0v) is 11.9. The van der Waals surface area contributed by atoms with Crippen LogP contribution < -0.4 is 4.74 Å².